The zero-order chi connectivity index (χ0) is 16.9. The largest absolute Gasteiger partial charge is 0.379 e. The summed E-state index contributed by atoms with van der Waals surface area (Å²) in [5, 5.41) is 0. The Bertz CT molecular complexity index is 558. The highest BCUT2D eigenvalue weighted by Gasteiger charge is 2.24. The van der Waals surface area contributed by atoms with Crippen LogP contribution in [0.3, 0.4) is 0 Å². The summed E-state index contributed by atoms with van der Waals surface area (Å²) in [5.41, 5.74) is 4.42. The molecule has 1 saturated carbocycles. The average Bonchev–Trinajstić information content (AvgIpc) is 3.20. The first-order chi connectivity index (χ1) is 12.4. The van der Waals surface area contributed by atoms with E-state index in [1.807, 2.05) is 0 Å². The lowest BCUT2D eigenvalue weighted by atomic mass is 9.99. The van der Waals surface area contributed by atoms with Crippen LogP contribution in [0.15, 0.2) is 29.8 Å². The molecule has 2 heterocycles. The number of likely N-dealkylation sites (tertiary alicyclic amines) is 1. The molecule has 2 saturated heterocycles. The van der Waals surface area contributed by atoms with E-state index in [0.29, 0.717) is 0 Å². The van der Waals surface area contributed by atoms with Crippen LogP contribution in [-0.4, -0.2) is 55.2 Å². The highest BCUT2D eigenvalue weighted by atomic mass is 16.5. The van der Waals surface area contributed by atoms with Crippen molar-refractivity contribution in [1.29, 1.82) is 0 Å². The molecule has 0 N–H and O–H groups in total. The fourth-order valence-electron chi connectivity index (χ4n) is 4.56. The number of piperidine rings is 1. The number of morpholine rings is 1. The lowest BCUT2D eigenvalue weighted by molar-refractivity contribution is 0.0342. The Morgan fingerprint density at radius 1 is 0.920 bits per heavy atom. The van der Waals surface area contributed by atoms with Gasteiger partial charge in [-0.2, -0.15) is 0 Å². The molecule has 3 aliphatic rings. The van der Waals surface area contributed by atoms with E-state index in [-0.39, 0.29) is 0 Å². The van der Waals surface area contributed by atoms with Gasteiger partial charge in [-0.05, 0) is 36.8 Å². The number of nitrogens with zero attached hydrogens (tertiary/aromatic N) is 2. The van der Waals surface area contributed by atoms with Crippen molar-refractivity contribution in [2.45, 2.75) is 51.1 Å². The van der Waals surface area contributed by atoms with Crippen molar-refractivity contribution in [1.82, 2.24) is 9.80 Å². The molecule has 4 rings (SSSR count). The second-order valence-electron chi connectivity index (χ2n) is 7.91. The van der Waals surface area contributed by atoms with Crippen LogP contribution in [0.25, 0.3) is 6.08 Å². The van der Waals surface area contributed by atoms with Gasteiger partial charge in [-0.15, -0.1) is 0 Å². The lowest BCUT2D eigenvalue weighted by Gasteiger charge is -2.33. The first-order valence-corrected chi connectivity index (χ1v) is 10.2. The lowest BCUT2D eigenvalue weighted by Crippen LogP contribution is -2.38. The van der Waals surface area contributed by atoms with E-state index in [1.54, 1.807) is 5.57 Å². The second kappa shape index (κ2) is 8.48. The van der Waals surface area contributed by atoms with Crippen LogP contribution in [0, 0.1) is 0 Å². The topological polar surface area (TPSA) is 15.7 Å². The molecule has 0 amide bonds. The van der Waals surface area contributed by atoms with E-state index in [4.69, 9.17) is 4.74 Å². The van der Waals surface area contributed by atoms with Crippen LogP contribution in [0.4, 0.5) is 0 Å². The van der Waals surface area contributed by atoms with Gasteiger partial charge in [-0.25, -0.2) is 0 Å². The van der Waals surface area contributed by atoms with Crippen LogP contribution in [0.5, 0.6) is 0 Å². The molecule has 0 atom stereocenters. The van der Waals surface area contributed by atoms with E-state index in [2.05, 4.69) is 40.1 Å². The van der Waals surface area contributed by atoms with Gasteiger partial charge in [0.1, 0.15) is 0 Å². The molecule has 3 nitrogen and oxygen atoms in total. The number of hydrogen-bond acceptors (Lipinski definition) is 3. The Balaban J connectivity index is 1.29. The highest BCUT2D eigenvalue weighted by Crippen LogP contribution is 2.28. The van der Waals surface area contributed by atoms with E-state index < -0.39 is 0 Å². The molecule has 25 heavy (non-hydrogen) atoms. The molecule has 0 radical (unpaired) electrons. The van der Waals surface area contributed by atoms with Gasteiger partial charge in [-0.1, -0.05) is 48.8 Å². The quantitative estimate of drug-likeness (QED) is 0.826. The van der Waals surface area contributed by atoms with E-state index in [9.17, 15) is 0 Å². The predicted octanol–water partition coefficient (Wildman–Crippen LogP) is 3.94. The van der Waals surface area contributed by atoms with Crippen LogP contribution < -0.4 is 0 Å². The Morgan fingerprint density at radius 3 is 2.28 bits per heavy atom. The maximum Gasteiger partial charge on any atom is 0.0594 e. The molecule has 0 aromatic heterocycles. The molecule has 1 aromatic rings. The molecular formula is C22H32N2O. The second-order valence-corrected chi connectivity index (χ2v) is 7.91. The smallest absolute Gasteiger partial charge is 0.0594 e. The van der Waals surface area contributed by atoms with Gasteiger partial charge in [-0.3, -0.25) is 9.80 Å². The maximum atomic E-state index is 5.43. The van der Waals surface area contributed by atoms with Gasteiger partial charge in [0.05, 0.1) is 13.2 Å². The van der Waals surface area contributed by atoms with Crippen molar-refractivity contribution < 1.29 is 4.74 Å². The SMILES string of the molecule is C(=C1CCN(C2CCCC2)CC1)c1ccc(CN2CCOCC2)cc1. The van der Waals surface area contributed by atoms with Crippen LogP contribution in [0.1, 0.15) is 49.7 Å². The molecule has 1 aromatic carbocycles. The zero-order valence-corrected chi connectivity index (χ0v) is 15.5. The maximum absolute atomic E-state index is 5.43. The van der Waals surface area contributed by atoms with Crippen molar-refractivity contribution in [2.24, 2.45) is 0 Å². The Morgan fingerprint density at radius 2 is 1.60 bits per heavy atom. The minimum Gasteiger partial charge on any atom is -0.379 e. The number of ether oxygens (including phenoxy) is 1. The van der Waals surface area contributed by atoms with E-state index in [1.165, 1.54) is 62.7 Å². The van der Waals surface area contributed by atoms with Crippen LogP contribution >= 0.6 is 0 Å². The van der Waals surface area contributed by atoms with Gasteiger partial charge in [0.15, 0.2) is 0 Å². The Hall–Kier alpha value is -1.16. The summed E-state index contributed by atoms with van der Waals surface area (Å²) in [4.78, 5) is 5.23. The van der Waals surface area contributed by atoms with Crippen LogP contribution in [0.2, 0.25) is 0 Å². The fourth-order valence-corrected chi connectivity index (χ4v) is 4.56. The predicted molar refractivity (Wildman–Crippen MR) is 104 cm³/mol. The molecule has 0 unspecified atom stereocenters. The molecule has 1 aliphatic carbocycles. The average molecular weight is 341 g/mol. The van der Waals surface area contributed by atoms with Gasteiger partial charge in [0.2, 0.25) is 0 Å². The first-order valence-electron chi connectivity index (χ1n) is 10.2. The third-order valence-corrected chi connectivity index (χ3v) is 6.14. The molecule has 0 spiro atoms. The van der Waals surface area contributed by atoms with Crippen molar-refractivity contribution in [2.75, 3.05) is 39.4 Å². The molecule has 136 valence electrons. The van der Waals surface area contributed by atoms with Gasteiger partial charge in [0.25, 0.3) is 0 Å². The molecule has 3 fully saturated rings. The van der Waals surface area contributed by atoms with E-state index >= 15 is 0 Å². The standard InChI is InChI=1S/C22H32N2O/c1-2-4-22(3-1)24-11-9-20(10-12-24)17-19-5-7-21(8-6-19)18-23-13-15-25-16-14-23/h5-8,17,22H,1-4,9-16,18H2. The van der Waals surface area contributed by atoms with Gasteiger partial charge >= 0.3 is 0 Å². The van der Waals surface area contributed by atoms with Crippen molar-refractivity contribution in [3.63, 3.8) is 0 Å². The summed E-state index contributed by atoms with van der Waals surface area (Å²) in [5.74, 6) is 0. The summed E-state index contributed by atoms with van der Waals surface area (Å²) >= 11 is 0. The normalized spacial score (nSPS) is 23.9. The summed E-state index contributed by atoms with van der Waals surface area (Å²) < 4.78 is 5.43. The minimum atomic E-state index is 0.877. The third kappa shape index (κ3) is 4.72. The third-order valence-electron chi connectivity index (χ3n) is 6.14. The Labute approximate surface area is 152 Å². The monoisotopic (exact) mass is 340 g/mol. The highest BCUT2D eigenvalue weighted by molar-refractivity contribution is 5.53. The number of benzene rings is 1. The van der Waals surface area contributed by atoms with Crippen molar-refractivity contribution >= 4 is 6.08 Å². The van der Waals surface area contributed by atoms with E-state index in [0.717, 1.165) is 38.9 Å². The number of rotatable bonds is 4. The summed E-state index contributed by atoms with van der Waals surface area (Å²) in [7, 11) is 0. The summed E-state index contributed by atoms with van der Waals surface area (Å²) in [6.07, 6.45) is 10.7. The number of hydrogen-bond donors (Lipinski definition) is 0. The van der Waals surface area contributed by atoms with Gasteiger partial charge in [0, 0.05) is 38.8 Å². The minimum absolute atomic E-state index is 0.877. The van der Waals surface area contributed by atoms with Gasteiger partial charge < -0.3 is 4.74 Å². The van der Waals surface area contributed by atoms with Crippen molar-refractivity contribution in [3.8, 4) is 0 Å². The molecule has 3 heteroatoms. The van der Waals surface area contributed by atoms with Crippen LogP contribution in [-0.2, 0) is 11.3 Å². The first kappa shape index (κ1) is 17.3. The zero-order valence-electron chi connectivity index (χ0n) is 15.5. The van der Waals surface area contributed by atoms with Crippen molar-refractivity contribution in [3.05, 3.63) is 41.0 Å². The molecular weight excluding hydrogens is 308 g/mol. The fraction of sp³-hybridized carbons (Fsp3) is 0.636. The Kier molecular flexibility index (Phi) is 5.86. The molecule has 2 aliphatic heterocycles. The summed E-state index contributed by atoms with van der Waals surface area (Å²) in [6, 6.07) is 10.1. The molecule has 0 bridgehead atoms. The summed E-state index contributed by atoms with van der Waals surface area (Å²) in [6.45, 7) is 7.46.